The van der Waals surface area contributed by atoms with Crippen LogP contribution in [0, 0.1) is 11.7 Å². The zero-order valence-electron chi connectivity index (χ0n) is 12.4. The van der Waals surface area contributed by atoms with Gasteiger partial charge in [0.25, 0.3) is 0 Å². The number of benzene rings is 1. The molecular weight excluding hydrogens is 287 g/mol. The summed E-state index contributed by atoms with van der Waals surface area (Å²) in [6.45, 7) is 1.46. The first kappa shape index (κ1) is 16.3. The molecule has 2 N–H and O–H groups in total. The summed E-state index contributed by atoms with van der Waals surface area (Å²) >= 11 is 0. The molecule has 0 atom stereocenters. The molecule has 5 nitrogen and oxygen atoms in total. The van der Waals surface area contributed by atoms with E-state index >= 15 is 0 Å². The highest BCUT2D eigenvalue weighted by molar-refractivity contribution is 5.74. The fraction of sp³-hybridized carbons (Fsp3) is 0.500. The monoisotopic (exact) mass is 308 g/mol. The Kier molecular flexibility index (Phi) is 5.75. The Bertz CT molecular complexity index is 515. The van der Waals surface area contributed by atoms with Crippen molar-refractivity contribution < 1.29 is 19.1 Å². The van der Waals surface area contributed by atoms with Gasteiger partial charge in [-0.3, -0.25) is 4.79 Å². The zero-order chi connectivity index (χ0) is 15.9. The van der Waals surface area contributed by atoms with Gasteiger partial charge in [0.05, 0.1) is 0 Å². The minimum atomic E-state index is -0.865. The molecule has 1 aromatic rings. The van der Waals surface area contributed by atoms with Crippen LogP contribution in [0.5, 0.6) is 0 Å². The predicted octanol–water partition coefficient (Wildman–Crippen LogP) is 2.61. The van der Waals surface area contributed by atoms with Crippen LogP contribution in [-0.2, 0) is 11.3 Å². The number of amides is 2. The lowest BCUT2D eigenvalue weighted by molar-refractivity contribution is -0.137. The summed E-state index contributed by atoms with van der Waals surface area (Å²) in [5.41, 5.74) is 0.878. The lowest BCUT2D eigenvalue weighted by atomic mass is 10.2. The lowest BCUT2D eigenvalue weighted by Crippen LogP contribution is -2.41. The third kappa shape index (κ3) is 5.71. The summed E-state index contributed by atoms with van der Waals surface area (Å²) in [4.78, 5) is 24.4. The van der Waals surface area contributed by atoms with Crippen molar-refractivity contribution in [2.45, 2.75) is 32.2 Å². The SMILES string of the molecule is O=C(O)CCCNC(=O)N(Cc1ccc(F)cc1)CC1CC1. The third-order valence-electron chi connectivity index (χ3n) is 3.59. The van der Waals surface area contributed by atoms with E-state index in [1.54, 1.807) is 17.0 Å². The quantitative estimate of drug-likeness (QED) is 0.725. The first-order valence-electron chi connectivity index (χ1n) is 7.53. The van der Waals surface area contributed by atoms with Gasteiger partial charge in [0.2, 0.25) is 0 Å². The number of carbonyl (C=O) groups excluding carboxylic acids is 1. The summed E-state index contributed by atoms with van der Waals surface area (Å²) < 4.78 is 12.9. The Morgan fingerprint density at radius 2 is 1.95 bits per heavy atom. The molecule has 0 saturated heterocycles. The second kappa shape index (κ2) is 7.77. The van der Waals surface area contributed by atoms with Gasteiger partial charge in [0.1, 0.15) is 5.82 Å². The lowest BCUT2D eigenvalue weighted by Gasteiger charge is -2.23. The average molecular weight is 308 g/mol. The van der Waals surface area contributed by atoms with Crippen LogP contribution < -0.4 is 5.32 Å². The molecule has 2 rings (SSSR count). The predicted molar refractivity (Wildman–Crippen MR) is 79.8 cm³/mol. The molecule has 120 valence electrons. The molecular formula is C16H21FN2O3. The van der Waals surface area contributed by atoms with Crippen LogP contribution in [0.25, 0.3) is 0 Å². The molecule has 6 heteroatoms. The summed E-state index contributed by atoms with van der Waals surface area (Å²) in [5.74, 6) is -0.615. The van der Waals surface area contributed by atoms with Gasteiger partial charge in [-0.2, -0.15) is 0 Å². The summed E-state index contributed by atoms with van der Waals surface area (Å²) in [6, 6.07) is 5.92. The molecule has 1 saturated carbocycles. The van der Waals surface area contributed by atoms with E-state index in [4.69, 9.17) is 5.11 Å². The van der Waals surface area contributed by atoms with Crippen molar-refractivity contribution in [2.24, 2.45) is 5.92 Å². The van der Waals surface area contributed by atoms with Gasteiger partial charge in [0, 0.05) is 26.1 Å². The summed E-state index contributed by atoms with van der Waals surface area (Å²) in [6.07, 6.45) is 2.72. The molecule has 0 radical (unpaired) electrons. The number of hydrogen-bond acceptors (Lipinski definition) is 2. The van der Waals surface area contributed by atoms with Gasteiger partial charge in [-0.25, -0.2) is 9.18 Å². The molecule has 0 bridgehead atoms. The van der Waals surface area contributed by atoms with Crippen molar-refractivity contribution in [3.8, 4) is 0 Å². The van der Waals surface area contributed by atoms with Crippen molar-refractivity contribution in [1.82, 2.24) is 10.2 Å². The molecule has 1 aromatic carbocycles. The Labute approximate surface area is 129 Å². The number of carboxylic acid groups (broad SMARTS) is 1. The van der Waals surface area contributed by atoms with Crippen LogP contribution in [0.15, 0.2) is 24.3 Å². The molecule has 1 fully saturated rings. The smallest absolute Gasteiger partial charge is 0.317 e. The molecule has 0 aliphatic heterocycles. The topological polar surface area (TPSA) is 69.6 Å². The Hall–Kier alpha value is -2.11. The highest BCUT2D eigenvalue weighted by atomic mass is 19.1. The summed E-state index contributed by atoms with van der Waals surface area (Å²) in [7, 11) is 0. The standard InChI is InChI=1S/C16H21FN2O3/c17-14-7-5-13(6-8-14)11-19(10-12-3-4-12)16(22)18-9-1-2-15(20)21/h5-8,12H,1-4,9-11H2,(H,18,22)(H,20,21). The molecule has 22 heavy (non-hydrogen) atoms. The number of hydrogen-bond donors (Lipinski definition) is 2. The second-order valence-corrected chi connectivity index (χ2v) is 5.68. The Morgan fingerprint density at radius 1 is 1.27 bits per heavy atom. The van der Waals surface area contributed by atoms with Gasteiger partial charge in [-0.15, -0.1) is 0 Å². The number of carbonyl (C=O) groups is 2. The fourth-order valence-corrected chi connectivity index (χ4v) is 2.19. The summed E-state index contributed by atoms with van der Waals surface area (Å²) in [5, 5.41) is 11.3. The number of aliphatic carboxylic acids is 1. The number of halogens is 1. The minimum absolute atomic E-state index is 0.0425. The van der Waals surface area contributed by atoms with E-state index in [0.29, 0.717) is 32.0 Å². The van der Waals surface area contributed by atoms with E-state index in [2.05, 4.69) is 5.32 Å². The van der Waals surface area contributed by atoms with Crippen LogP contribution in [-0.4, -0.2) is 35.1 Å². The molecule has 0 spiro atoms. The third-order valence-corrected chi connectivity index (χ3v) is 3.59. The van der Waals surface area contributed by atoms with E-state index in [1.807, 2.05) is 0 Å². The van der Waals surface area contributed by atoms with Gasteiger partial charge < -0.3 is 15.3 Å². The molecule has 2 amide bonds. The van der Waals surface area contributed by atoms with Gasteiger partial charge >= 0.3 is 12.0 Å². The van der Waals surface area contributed by atoms with Crippen molar-refractivity contribution in [2.75, 3.05) is 13.1 Å². The van der Waals surface area contributed by atoms with E-state index in [9.17, 15) is 14.0 Å². The fourth-order valence-electron chi connectivity index (χ4n) is 2.19. The van der Waals surface area contributed by atoms with Gasteiger partial charge in [-0.05, 0) is 42.9 Å². The van der Waals surface area contributed by atoms with Crippen LogP contribution in [0.2, 0.25) is 0 Å². The molecule has 1 aliphatic rings. The number of nitrogens with zero attached hydrogens (tertiary/aromatic N) is 1. The van der Waals surface area contributed by atoms with E-state index in [1.165, 1.54) is 12.1 Å². The van der Waals surface area contributed by atoms with Crippen LogP contribution in [0.3, 0.4) is 0 Å². The van der Waals surface area contributed by atoms with E-state index in [-0.39, 0.29) is 18.3 Å². The van der Waals surface area contributed by atoms with Crippen LogP contribution >= 0.6 is 0 Å². The van der Waals surface area contributed by atoms with E-state index in [0.717, 1.165) is 18.4 Å². The Morgan fingerprint density at radius 3 is 2.55 bits per heavy atom. The van der Waals surface area contributed by atoms with Crippen molar-refractivity contribution >= 4 is 12.0 Å². The first-order chi connectivity index (χ1) is 10.5. The first-order valence-corrected chi connectivity index (χ1v) is 7.53. The highest BCUT2D eigenvalue weighted by Gasteiger charge is 2.26. The van der Waals surface area contributed by atoms with E-state index < -0.39 is 5.97 Å². The molecule has 0 unspecified atom stereocenters. The number of nitrogens with one attached hydrogen (secondary N) is 1. The highest BCUT2D eigenvalue weighted by Crippen LogP contribution is 2.30. The maximum Gasteiger partial charge on any atom is 0.317 e. The number of rotatable bonds is 8. The Balaban J connectivity index is 1.85. The van der Waals surface area contributed by atoms with Crippen LogP contribution in [0.1, 0.15) is 31.2 Å². The normalized spacial score (nSPS) is 13.7. The molecule has 0 heterocycles. The molecule has 1 aliphatic carbocycles. The zero-order valence-corrected chi connectivity index (χ0v) is 12.4. The van der Waals surface area contributed by atoms with Gasteiger partial charge in [-0.1, -0.05) is 12.1 Å². The van der Waals surface area contributed by atoms with Crippen LogP contribution in [0.4, 0.5) is 9.18 Å². The number of carboxylic acids is 1. The molecule has 0 aromatic heterocycles. The minimum Gasteiger partial charge on any atom is -0.481 e. The maximum atomic E-state index is 12.9. The number of urea groups is 1. The maximum absolute atomic E-state index is 12.9. The van der Waals surface area contributed by atoms with Crippen molar-refractivity contribution in [3.63, 3.8) is 0 Å². The van der Waals surface area contributed by atoms with Gasteiger partial charge in [0.15, 0.2) is 0 Å². The van der Waals surface area contributed by atoms with Crippen molar-refractivity contribution in [1.29, 1.82) is 0 Å². The second-order valence-electron chi connectivity index (χ2n) is 5.68. The largest absolute Gasteiger partial charge is 0.481 e. The average Bonchev–Trinajstić information content (AvgIpc) is 3.29. The van der Waals surface area contributed by atoms with Crippen molar-refractivity contribution in [3.05, 3.63) is 35.6 Å².